The quantitative estimate of drug-likeness (QED) is 0.197. The summed E-state index contributed by atoms with van der Waals surface area (Å²) in [6.07, 6.45) is 13.4. The first-order valence-electron chi connectivity index (χ1n) is 13.2. The standard InChI is InChI=1S/C29H48O6/c1-8-11-20(2)27-24(34-27)19-28(5,32)15-9-12-21(3)26-22(4)13-10-16-29(6,33-7)17-14-23(30)18-25(31)35-26/h9-10,12-13,15,20,22-24,26-27,30,32H,8,11,14,16-19H2,1-7H3/b13-10+,15-9+,21-12+/t20-,22+,23-,24-,26-,27-,28+,29+/m1/s1. The van der Waals surface area contributed by atoms with Gasteiger partial charge in [-0.1, -0.05) is 57.6 Å². The summed E-state index contributed by atoms with van der Waals surface area (Å²) in [6, 6.07) is 0. The molecule has 200 valence electrons. The fraction of sp³-hybridized carbons (Fsp3) is 0.759. The molecule has 2 N–H and O–H groups in total. The number of methoxy groups -OCH3 is 1. The molecule has 2 aliphatic heterocycles. The fourth-order valence-electron chi connectivity index (χ4n) is 4.91. The van der Waals surface area contributed by atoms with Crippen LogP contribution in [0.5, 0.6) is 0 Å². The average Bonchev–Trinajstić information content (AvgIpc) is 3.53. The van der Waals surface area contributed by atoms with E-state index < -0.39 is 23.8 Å². The molecule has 0 bridgehead atoms. The number of hydrogen-bond donors (Lipinski definition) is 2. The molecule has 0 spiro atoms. The van der Waals surface area contributed by atoms with Gasteiger partial charge in [0.25, 0.3) is 0 Å². The van der Waals surface area contributed by atoms with Crippen LogP contribution in [0.2, 0.25) is 0 Å². The van der Waals surface area contributed by atoms with Crippen LogP contribution < -0.4 is 0 Å². The highest BCUT2D eigenvalue weighted by Crippen LogP contribution is 2.37. The molecule has 6 heteroatoms. The highest BCUT2D eigenvalue weighted by molar-refractivity contribution is 5.70. The number of allylic oxidation sites excluding steroid dienone is 2. The summed E-state index contributed by atoms with van der Waals surface area (Å²) in [7, 11) is 1.68. The Morgan fingerprint density at radius 2 is 2.14 bits per heavy atom. The molecule has 0 amide bonds. The highest BCUT2D eigenvalue weighted by atomic mass is 16.6. The van der Waals surface area contributed by atoms with Gasteiger partial charge in [-0.15, -0.1) is 0 Å². The highest BCUT2D eigenvalue weighted by Gasteiger charge is 2.45. The third kappa shape index (κ3) is 9.83. The molecule has 2 heterocycles. The second-order valence-electron chi connectivity index (χ2n) is 11.2. The van der Waals surface area contributed by atoms with Gasteiger partial charge in [0.05, 0.1) is 35.9 Å². The normalized spacial score (nSPS) is 36.5. The van der Waals surface area contributed by atoms with Gasteiger partial charge in [0.2, 0.25) is 0 Å². The third-order valence-electron chi connectivity index (χ3n) is 7.43. The molecule has 0 aromatic heterocycles. The fourth-order valence-corrected chi connectivity index (χ4v) is 4.91. The first-order chi connectivity index (χ1) is 16.4. The van der Waals surface area contributed by atoms with E-state index in [2.05, 4.69) is 26.0 Å². The van der Waals surface area contributed by atoms with Crippen LogP contribution in [0, 0.1) is 11.8 Å². The lowest BCUT2D eigenvalue weighted by molar-refractivity contribution is -0.151. The number of aliphatic hydroxyl groups is 2. The Hall–Kier alpha value is -1.47. The number of cyclic esters (lactones) is 1. The van der Waals surface area contributed by atoms with Crippen LogP contribution in [-0.4, -0.2) is 58.9 Å². The van der Waals surface area contributed by atoms with Crippen molar-refractivity contribution in [2.45, 2.75) is 122 Å². The predicted octanol–water partition coefficient (Wildman–Crippen LogP) is 5.28. The van der Waals surface area contributed by atoms with Gasteiger partial charge in [-0.05, 0) is 57.9 Å². The smallest absolute Gasteiger partial charge is 0.309 e. The van der Waals surface area contributed by atoms with Crippen LogP contribution in [0.3, 0.4) is 0 Å². The van der Waals surface area contributed by atoms with Crippen molar-refractivity contribution in [3.05, 3.63) is 36.0 Å². The Kier molecular flexibility index (Phi) is 11.2. The maximum atomic E-state index is 12.6. The van der Waals surface area contributed by atoms with Gasteiger partial charge in [-0.2, -0.15) is 0 Å². The number of rotatable bonds is 9. The van der Waals surface area contributed by atoms with Gasteiger partial charge in [0.15, 0.2) is 0 Å². The van der Waals surface area contributed by atoms with Crippen molar-refractivity contribution in [2.75, 3.05) is 7.11 Å². The maximum absolute atomic E-state index is 12.6. The summed E-state index contributed by atoms with van der Waals surface area (Å²) in [4.78, 5) is 12.6. The van der Waals surface area contributed by atoms with Crippen molar-refractivity contribution >= 4 is 5.97 Å². The zero-order valence-electron chi connectivity index (χ0n) is 22.8. The zero-order chi connectivity index (χ0) is 26.2. The van der Waals surface area contributed by atoms with Crippen molar-refractivity contribution in [2.24, 2.45) is 11.8 Å². The van der Waals surface area contributed by atoms with Gasteiger partial charge in [0.1, 0.15) is 6.10 Å². The lowest BCUT2D eigenvalue weighted by Gasteiger charge is -2.29. The van der Waals surface area contributed by atoms with E-state index in [0.717, 1.165) is 18.4 Å². The molecule has 35 heavy (non-hydrogen) atoms. The SMILES string of the molecule is CCC[C@@H](C)[C@H]1O[C@@H]1C[C@@](C)(O)/C=C/C=C(\C)[C@H]1OC(=O)C[C@H](O)CC[C@@](C)(OC)C/C=C/[C@@H]1C. The minimum Gasteiger partial charge on any atom is -0.457 e. The molecule has 0 radical (unpaired) electrons. The Labute approximate surface area is 212 Å². The monoisotopic (exact) mass is 492 g/mol. The minimum atomic E-state index is -0.981. The molecule has 2 rings (SSSR count). The van der Waals surface area contributed by atoms with Crippen LogP contribution in [0.4, 0.5) is 0 Å². The third-order valence-corrected chi connectivity index (χ3v) is 7.43. The van der Waals surface area contributed by atoms with Gasteiger partial charge in [-0.25, -0.2) is 0 Å². The summed E-state index contributed by atoms with van der Waals surface area (Å²) in [5, 5.41) is 21.2. The number of epoxide rings is 1. The molecule has 0 aromatic carbocycles. The number of carbonyl (C=O) groups excluding carboxylic acids is 1. The van der Waals surface area contributed by atoms with E-state index in [-0.39, 0.29) is 30.1 Å². The Morgan fingerprint density at radius 3 is 2.80 bits per heavy atom. The van der Waals surface area contributed by atoms with Crippen molar-refractivity contribution in [3.63, 3.8) is 0 Å². The lowest BCUT2D eigenvalue weighted by Crippen LogP contribution is -2.31. The van der Waals surface area contributed by atoms with Crippen LogP contribution in [0.25, 0.3) is 0 Å². The number of esters is 1. The van der Waals surface area contributed by atoms with E-state index in [1.165, 1.54) is 0 Å². The van der Waals surface area contributed by atoms with Crippen molar-refractivity contribution < 1.29 is 29.2 Å². The van der Waals surface area contributed by atoms with Gasteiger partial charge in [-0.3, -0.25) is 4.79 Å². The summed E-state index contributed by atoms with van der Waals surface area (Å²) < 4.78 is 17.3. The molecule has 0 unspecified atom stereocenters. The minimum absolute atomic E-state index is 0.0381. The molecule has 1 fully saturated rings. The Balaban J connectivity index is 2.08. The van der Waals surface area contributed by atoms with Crippen LogP contribution >= 0.6 is 0 Å². The van der Waals surface area contributed by atoms with Crippen LogP contribution in [-0.2, 0) is 19.0 Å². The van der Waals surface area contributed by atoms with E-state index in [1.54, 1.807) is 20.1 Å². The zero-order valence-corrected chi connectivity index (χ0v) is 22.8. The van der Waals surface area contributed by atoms with E-state index in [4.69, 9.17) is 14.2 Å². The van der Waals surface area contributed by atoms with Crippen molar-refractivity contribution in [1.82, 2.24) is 0 Å². The predicted molar refractivity (Wildman–Crippen MR) is 139 cm³/mol. The molecule has 6 nitrogen and oxygen atoms in total. The van der Waals surface area contributed by atoms with E-state index in [9.17, 15) is 15.0 Å². The van der Waals surface area contributed by atoms with E-state index >= 15 is 0 Å². The van der Waals surface area contributed by atoms with E-state index in [1.807, 2.05) is 32.9 Å². The van der Waals surface area contributed by atoms with Gasteiger partial charge in [0, 0.05) is 19.4 Å². The Morgan fingerprint density at radius 1 is 1.43 bits per heavy atom. The van der Waals surface area contributed by atoms with E-state index in [0.29, 0.717) is 31.6 Å². The van der Waals surface area contributed by atoms with Gasteiger partial charge < -0.3 is 24.4 Å². The molecular formula is C29H48O6. The number of carbonyl (C=O) groups is 1. The molecule has 0 aromatic rings. The molecular weight excluding hydrogens is 444 g/mol. The molecule has 0 saturated carbocycles. The number of aliphatic hydroxyl groups excluding tert-OH is 1. The number of ether oxygens (including phenoxy) is 3. The maximum Gasteiger partial charge on any atom is 0.309 e. The second-order valence-corrected chi connectivity index (χ2v) is 11.2. The van der Waals surface area contributed by atoms with Crippen molar-refractivity contribution in [1.29, 1.82) is 0 Å². The summed E-state index contributed by atoms with van der Waals surface area (Å²) in [5.74, 6) is 0.0456. The summed E-state index contributed by atoms with van der Waals surface area (Å²) >= 11 is 0. The molecule has 1 saturated heterocycles. The van der Waals surface area contributed by atoms with Gasteiger partial charge >= 0.3 is 5.97 Å². The second kappa shape index (κ2) is 13.2. The Bertz CT molecular complexity index is 769. The van der Waals surface area contributed by atoms with Crippen molar-refractivity contribution in [3.8, 4) is 0 Å². The first kappa shape index (κ1) is 29.8. The number of hydrogen-bond acceptors (Lipinski definition) is 6. The van der Waals surface area contributed by atoms with Crippen LogP contribution in [0.1, 0.15) is 86.5 Å². The molecule has 2 aliphatic rings. The topological polar surface area (TPSA) is 88.5 Å². The lowest BCUT2D eigenvalue weighted by atomic mass is 9.90. The first-order valence-corrected chi connectivity index (χ1v) is 13.2. The largest absolute Gasteiger partial charge is 0.457 e. The summed E-state index contributed by atoms with van der Waals surface area (Å²) in [5.41, 5.74) is -0.486. The summed E-state index contributed by atoms with van der Waals surface area (Å²) in [6.45, 7) is 12.1. The van der Waals surface area contributed by atoms with Crippen LogP contribution in [0.15, 0.2) is 36.0 Å². The molecule has 0 aliphatic carbocycles. The molecule has 8 atom stereocenters. The average molecular weight is 493 g/mol.